The zero-order valence-corrected chi connectivity index (χ0v) is 15.1. The third-order valence-corrected chi connectivity index (χ3v) is 4.09. The molecule has 0 aromatic heterocycles. The Labute approximate surface area is 156 Å². The maximum absolute atomic E-state index is 12.2. The molecule has 0 fully saturated rings. The lowest BCUT2D eigenvalue weighted by Gasteiger charge is -2.17. The predicted molar refractivity (Wildman–Crippen MR) is 100 cm³/mol. The highest BCUT2D eigenvalue weighted by atomic mass is 35.5. The lowest BCUT2D eigenvalue weighted by molar-refractivity contribution is -0.118. The summed E-state index contributed by atoms with van der Waals surface area (Å²) in [6.45, 7) is 2.19. The summed E-state index contributed by atoms with van der Waals surface area (Å²) in [5.74, 6) is 0.817. The molecule has 6 nitrogen and oxygen atoms in total. The van der Waals surface area contributed by atoms with Gasteiger partial charge in [0.2, 0.25) is 5.91 Å². The smallest absolute Gasteiger partial charge is 0.262 e. The van der Waals surface area contributed by atoms with E-state index < -0.39 is 0 Å². The van der Waals surface area contributed by atoms with Crippen LogP contribution in [0.5, 0.6) is 11.5 Å². The van der Waals surface area contributed by atoms with Crippen LogP contribution in [0.3, 0.4) is 0 Å². The quantitative estimate of drug-likeness (QED) is 0.809. The van der Waals surface area contributed by atoms with Crippen molar-refractivity contribution in [1.82, 2.24) is 0 Å². The number of aryl methyl sites for hydroxylation is 1. The second-order valence-electron chi connectivity index (χ2n) is 5.78. The summed E-state index contributed by atoms with van der Waals surface area (Å²) >= 11 is 5.98. The minimum atomic E-state index is -0.320. The third-order valence-electron chi connectivity index (χ3n) is 3.86. The first-order valence-electron chi connectivity index (χ1n) is 8.33. The number of rotatable bonds is 6. The van der Waals surface area contributed by atoms with Crippen LogP contribution < -0.4 is 20.1 Å². The molecule has 26 heavy (non-hydrogen) atoms. The molecular weight excluding hydrogens is 356 g/mol. The van der Waals surface area contributed by atoms with Gasteiger partial charge in [0.1, 0.15) is 11.5 Å². The van der Waals surface area contributed by atoms with Crippen molar-refractivity contribution in [2.75, 3.05) is 23.8 Å². The maximum atomic E-state index is 12.2. The van der Waals surface area contributed by atoms with Crippen molar-refractivity contribution in [3.63, 3.8) is 0 Å². The number of ether oxygens (including phenoxy) is 2. The Kier molecular flexibility index (Phi) is 5.63. The van der Waals surface area contributed by atoms with E-state index in [-0.39, 0.29) is 18.4 Å². The van der Waals surface area contributed by atoms with E-state index in [2.05, 4.69) is 10.6 Å². The Balaban J connectivity index is 1.61. The third kappa shape index (κ3) is 4.46. The summed E-state index contributed by atoms with van der Waals surface area (Å²) in [4.78, 5) is 23.6. The molecule has 2 aromatic carbocycles. The van der Waals surface area contributed by atoms with Gasteiger partial charge in [-0.2, -0.15) is 0 Å². The van der Waals surface area contributed by atoms with E-state index in [9.17, 15) is 9.59 Å². The SMILES string of the molecule is CCOc1ccc(Cl)cc1NC(=O)COc1ccc2c(c1)CCC(=O)N2. The normalized spacial score (nSPS) is 12.8. The van der Waals surface area contributed by atoms with Crippen molar-refractivity contribution < 1.29 is 19.1 Å². The molecule has 0 unspecified atom stereocenters. The van der Waals surface area contributed by atoms with Crippen LogP contribution in [-0.4, -0.2) is 25.0 Å². The number of benzene rings is 2. The van der Waals surface area contributed by atoms with Crippen LogP contribution in [0.4, 0.5) is 11.4 Å². The van der Waals surface area contributed by atoms with Crippen molar-refractivity contribution >= 4 is 34.8 Å². The van der Waals surface area contributed by atoms with Crippen LogP contribution in [0.2, 0.25) is 5.02 Å². The number of anilines is 2. The summed E-state index contributed by atoms with van der Waals surface area (Å²) in [6.07, 6.45) is 1.11. The average molecular weight is 375 g/mol. The molecule has 1 heterocycles. The van der Waals surface area contributed by atoms with E-state index >= 15 is 0 Å². The lowest BCUT2D eigenvalue weighted by Crippen LogP contribution is -2.21. The van der Waals surface area contributed by atoms with Crippen molar-refractivity contribution in [2.45, 2.75) is 19.8 Å². The number of nitrogens with one attached hydrogen (secondary N) is 2. The van der Waals surface area contributed by atoms with Gasteiger partial charge < -0.3 is 20.1 Å². The van der Waals surface area contributed by atoms with Crippen molar-refractivity contribution in [2.24, 2.45) is 0 Å². The fourth-order valence-corrected chi connectivity index (χ4v) is 2.84. The summed E-state index contributed by atoms with van der Waals surface area (Å²) in [5, 5.41) is 6.05. The zero-order chi connectivity index (χ0) is 18.5. The molecule has 0 saturated carbocycles. The summed E-state index contributed by atoms with van der Waals surface area (Å²) < 4.78 is 11.0. The lowest BCUT2D eigenvalue weighted by atomic mass is 10.0. The van der Waals surface area contributed by atoms with Gasteiger partial charge in [0.05, 0.1) is 12.3 Å². The molecule has 7 heteroatoms. The van der Waals surface area contributed by atoms with Crippen LogP contribution in [0, 0.1) is 0 Å². The van der Waals surface area contributed by atoms with Crippen LogP contribution in [-0.2, 0) is 16.0 Å². The Bertz CT molecular complexity index is 838. The molecule has 2 N–H and O–H groups in total. The number of fused-ring (bicyclic) bond motifs is 1. The van der Waals surface area contributed by atoms with Crippen molar-refractivity contribution in [3.8, 4) is 11.5 Å². The van der Waals surface area contributed by atoms with E-state index in [1.54, 1.807) is 30.3 Å². The zero-order valence-electron chi connectivity index (χ0n) is 14.3. The van der Waals surface area contributed by atoms with E-state index in [0.29, 0.717) is 41.7 Å². The minimum Gasteiger partial charge on any atom is -0.492 e. The number of amides is 2. The first kappa shape index (κ1) is 18.1. The summed E-state index contributed by atoms with van der Waals surface area (Å²) in [5.41, 5.74) is 2.29. The number of halogens is 1. The second kappa shape index (κ2) is 8.10. The van der Waals surface area contributed by atoms with Gasteiger partial charge in [0, 0.05) is 17.1 Å². The molecular formula is C19H19ClN2O4. The van der Waals surface area contributed by atoms with Crippen LogP contribution in [0.1, 0.15) is 18.9 Å². The highest BCUT2D eigenvalue weighted by molar-refractivity contribution is 6.31. The molecule has 3 rings (SSSR count). The molecule has 0 bridgehead atoms. The first-order chi connectivity index (χ1) is 12.5. The number of carbonyl (C=O) groups is 2. The molecule has 0 atom stereocenters. The Morgan fingerprint density at radius 3 is 2.85 bits per heavy atom. The van der Waals surface area contributed by atoms with Gasteiger partial charge in [-0.15, -0.1) is 0 Å². The van der Waals surface area contributed by atoms with Crippen LogP contribution >= 0.6 is 11.6 Å². The highest BCUT2D eigenvalue weighted by Crippen LogP contribution is 2.29. The van der Waals surface area contributed by atoms with E-state index in [1.165, 1.54) is 0 Å². The Hall–Kier alpha value is -2.73. The Morgan fingerprint density at radius 1 is 1.19 bits per heavy atom. The monoisotopic (exact) mass is 374 g/mol. The minimum absolute atomic E-state index is 0.0113. The van der Waals surface area contributed by atoms with Gasteiger partial charge in [0.25, 0.3) is 5.91 Å². The number of hydrogen-bond donors (Lipinski definition) is 2. The van der Waals surface area contributed by atoms with E-state index in [0.717, 1.165) is 11.3 Å². The molecule has 1 aliphatic heterocycles. The molecule has 136 valence electrons. The predicted octanol–water partition coefficient (Wildman–Crippen LogP) is 3.64. The van der Waals surface area contributed by atoms with Crippen molar-refractivity contribution in [1.29, 1.82) is 0 Å². The molecule has 2 aromatic rings. The molecule has 0 aliphatic carbocycles. The van der Waals surface area contributed by atoms with Crippen molar-refractivity contribution in [3.05, 3.63) is 47.0 Å². The van der Waals surface area contributed by atoms with Crippen LogP contribution in [0.25, 0.3) is 0 Å². The van der Waals surface area contributed by atoms with Gasteiger partial charge >= 0.3 is 0 Å². The van der Waals surface area contributed by atoms with Gasteiger partial charge in [0.15, 0.2) is 6.61 Å². The standard InChI is InChI=1S/C19H19ClN2O4/c1-2-25-17-7-4-13(20)10-16(17)22-19(24)11-26-14-5-6-15-12(9-14)3-8-18(23)21-15/h4-7,9-10H,2-3,8,11H2,1H3,(H,21,23)(H,22,24). The number of carbonyl (C=O) groups excluding carboxylic acids is 2. The van der Waals surface area contributed by atoms with Gasteiger partial charge in [-0.3, -0.25) is 9.59 Å². The average Bonchev–Trinajstić information content (AvgIpc) is 2.62. The molecule has 0 radical (unpaired) electrons. The molecule has 0 saturated heterocycles. The molecule has 1 aliphatic rings. The number of hydrogen-bond acceptors (Lipinski definition) is 4. The summed E-state index contributed by atoms with van der Waals surface area (Å²) in [7, 11) is 0. The largest absolute Gasteiger partial charge is 0.492 e. The van der Waals surface area contributed by atoms with Gasteiger partial charge in [-0.05, 0) is 55.3 Å². The van der Waals surface area contributed by atoms with Gasteiger partial charge in [-0.25, -0.2) is 0 Å². The van der Waals surface area contributed by atoms with E-state index in [4.69, 9.17) is 21.1 Å². The second-order valence-corrected chi connectivity index (χ2v) is 6.21. The topological polar surface area (TPSA) is 76.7 Å². The maximum Gasteiger partial charge on any atom is 0.262 e. The first-order valence-corrected chi connectivity index (χ1v) is 8.70. The Morgan fingerprint density at radius 2 is 2.04 bits per heavy atom. The highest BCUT2D eigenvalue weighted by Gasteiger charge is 2.15. The van der Waals surface area contributed by atoms with Crippen LogP contribution in [0.15, 0.2) is 36.4 Å². The fourth-order valence-electron chi connectivity index (χ4n) is 2.67. The fraction of sp³-hybridized carbons (Fsp3) is 0.263. The molecule has 2 amide bonds. The van der Waals surface area contributed by atoms with E-state index in [1.807, 2.05) is 13.0 Å². The summed E-state index contributed by atoms with van der Waals surface area (Å²) in [6, 6.07) is 10.4. The van der Waals surface area contributed by atoms with Gasteiger partial charge in [-0.1, -0.05) is 11.6 Å². The molecule has 0 spiro atoms.